The molecule has 1 atom stereocenters. The highest BCUT2D eigenvalue weighted by molar-refractivity contribution is 5.87. The topological polar surface area (TPSA) is 98.2 Å². The lowest BCUT2D eigenvalue weighted by atomic mass is 10.2. The van der Waals surface area contributed by atoms with E-state index in [1.54, 1.807) is 0 Å². The molecule has 2 amide bonds. The van der Waals surface area contributed by atoms with Crippen LogP contribution < -0.4 is 16.8 Å². The Morgan fingerprint density at radius 1 is 1.25 bits per heavy atom. The average Bonchev–Trinajstić information content (AvgIpc) is 2.26. The van der Waals surface area contributed by atoms with Gasteiger partial charge in [-0.15, -0.1) is 0 Å². The summed E-state index contributed by atoms with van der Waals surface area (Å²) in [6.07, 6.45) is -0.138. The molecule has 5 N–H and O–H groups in total. The van der Waals surface area contributed by atoms with Gasteiger partial charge in [0.25, 0.3) is 0 Å². The van der Waals surface area contributed by atoms with Crippen molar-refractivity contribution < 1.29 is 9.59 Å². The van der Waals surface area contributed by atoms with Gasteiger partial charge in [0.1, 0.15) is 0 Å². The Hall–Kier alpha value is -1.88. The standard InChI is InChI=1S/C11H15N3O2/c12-9(6-10(13)15)11(16)14-7-8-4-2-1-3-5-8/h1-5,9H,6-7,12H2,(H2,13,15)(H,14,16)/t9-/m1/s1. The second-order valence-electron chi connectivity index (χ2n) is 3.48. The van der Waals surface area contributed by atoms with Crippen molar-refractivity contribution >= 4 is 11.8 Å². The van der Waals surface area contributed by atoms with E-state index in [-0.39, 0.29) is 12.3 Å². The van der Waals surface area contributed by atoms with E-state index in [0.717, 1.165) is 5.56 Å². The summed E-state index contributed by atoms with van der Waals surface area (Å²) in [4.78, 5) is 22.0. The maximum absolute atomic E-state index is 11.4. The van der Waals surface area contributed by atoms with E-state index < -0.39 is 11.9 Å². The SMILES string of the molecule is NC(=O)C[C@@H](N)C(=O)NCc1ccccc1. The Morgan fingerprint density at radius 3 is 2.44 bits per heavy atom. The smallest absolute Gasteiger partial charge is 0.237 e. The van der Waals surface area contributed by atoms with E-state index in [0.29, 0.717) is 6.54 Å². The van der Waals surface area contributed by atoms with Crippen molar-refractivity contribution in [2.45, 2.75) is 19.0 Å². The summed E-state index contributed by atoms with van der Waals surface area (Å²) >= 11 is 0. The fraction of sp³-hybridized carbons (Fsp3) is 0.273. The van der Waals surface area contributed by atoms with Crippen molar-refractivity contribution in [1.29, 1.82) is 0 Å². The Balaban J connectivity index is 2.38. The minimum absolute atomic E-state index is 0.138. The highest BCUT2D eigenvalue weighted by Crippen LogP contribution is 1.97. The fourth-order valence-electron chi connectivity index (χ4n) is 1.23. The first kappa shape index (κ1) is 12.2. The van der Waals surface area contributed by atoms with E-state index in [1.165, 1.54) is 0 Å². The van der Waals surface area contributed by atoms with E-state index in [2.05, 4.69) is 5.32 Å². The van der Waals surface area contributed by atoms with Gasteiger partial charge in [0.05, 0.1) is 12.5 Å². The first-order valence-corrected chi connectivity index (χ1v) is 4.95. The van der Waals surface area contributed by atoms with Crippen LogP contribution in [-0.2, 0) is 16.1 Å². The van der Waals surface area contributed by atoms with Crippen LogP contribution in [0.3, 0.4) is 0 Å². The number of carbonyl (C=O) groups is 2. The molecule has 0 fully saturated rings. The highest BCUT2D eigenvalue weighted by atomic mass is 16.2. The van der Waals surface area contributed by atoms with E-state index in [9.17, 15) is 9.59 Å². The molecule has 0 spiro atoms. The van der Waals surface area contributed by atoms with Crippen LogP contribution in [0.5, 0.6) is 0 Å². The minimum atomic E-state index is -0.874. The molecule has 0 unspecified atom stereocenters. The molecule has 0 aliphatic heterocycles. The monoisotopic (exact) mass is 221 g/mol. The number of primary amides is 1. The van der Waals surface area contributed by atoms with Crippen LogP contribution in [0.25, 0.3) is 0 Å². The summed E-state index contributed by atoms with van der Waals surface area (Å²) in [5.74, 6) is -0.954. The third-order valence-corrected chi connectivity index (χ3v) is 2.07. The number of hydrogen-bond donors (Lipinski definition) is 3. The van der Waals surface area contributed by atoms with Gasteiger partial charge >= 0.3 is 0 Å². The van der Waals surface area contributed by atoms with Crippen molar-refractivity contribution in [1.82, 2.24) is 5.32 Å². The van der Waals surface area contributed by atoms with Gasteiger partial charge in [0.15, 0.2) is 0 Å². The van der Waals surface area contributed by atoms with Crippen molar-refractivity contribution in [2.75, 3.05) is 0 Å². The van der Waals surface area contributed by atoms with E-state index in [4.69, 9.17) is 11.5 Å². The largest absolute Gasteiger partial charge is 0.370 e. The summed E-state index contributed by atoms with van der Waals surface area (Å²) in [5.41, 5.74) is 11.4. The summed E-state index contributed by atoms with van der Waals surface area (Å²) in [7, 11) is 0. The molecule has 1 aromatic carbocycles. The predicted molar refractivity (Wildman–Crippen MR) is 60.1 cm³/mol. The quantitative estimate of drug-likeness (QED) is 0.625. The number of rotatable bonds is 5. The third-order valence-electron chi connectivity index (χ3n) is 2.07. The molecule has 0 radical (unpaired) electrons. The van der Waals surface area contributed by atoms with E-state index in [1.807, 2.05) is 30.3 Å². The molecule has 5 heteroatoms. The lowest BCUT2D eigenvalue weighted by molar-refractivity contribution is -0.126. The van der Waals surface area contributed by atoms with Crippen molar-refractivity contribution in [3.05, 3.63) is 35.9 Å². The fourth-order valence-corrected chi connectivity index (χ4v) is 1.23. The zero-order chi connectivity index (χ0) is 12.0. The normalized spacial score (nSPS) is 11.8. The maximum Gasteiger partial charge on any atom is 0.237 e. The van der Waals surface area contributed by atoms with Crippen LogP contribution >= 0.6 is 0 Å². The van der Waals surface area contributed by atoms with Crippen LogP contribution in [-0.4, -0.2) is 17.9 Å². The lowest BCUT2D eigenvalue weighted by Gasteiger charge is -2.10. The molecule has 1 aromatic rings. The number of nitrogens with two attached hydrogens (primary N) is 2. The molecule has 16 heavy (non-hydrogen) atoms. The van der Waals surface area contributed by atoms with Gasteiger partial charge in [0, 0.05) is 6.54 Å². The second kappa shape index (κ2) is 5.87. The summed E-state index contributed by atoms with van der Waals surface area (Å²) in [6.45, 7) is 0.395. The van der Waals surface area contributed by atoms with Gasteiger partial charge < -0.3 is 16.8 Å². The van der Waals surface area contributed by atoms with Crippen LogP contribution in [0.15, 0.2) is 30.3 Å². The molecule has 5 nitrogen and oxygen atoms in total. The minimum Gasteiger partial charge on any atom is -0.370 e. The summed E-state index contributed by atoms with van der Waals surface area (Å²) < 4.78 is 0. The molecule has 0 aliphatic carbocycles. The molecular weight excluding hydrogens is 206 g/mol. The molecule has 0 bridgehead atoms. The van der Waals surface area contributed by atoms with Gasteiger partial charge in [-0.25, -0.2) is 0 Å². The average molecular weight is 221 g/mol. The zero-order valence-corrected chi connectivity index (χ0v) is 8.85. The second-order valence-corrected chi connectivity index (χ2v) is 3.48. The van der Waals surface area contributed by atoms with Gasteiger partial charge in [-0.05, 0) is 5.56 Å². The van der Waals surface area contributed by atoms with Crippen molar-refractivity contribution in [2.24, 2.45) is 11.5 Å². The molecule has 0 saturated heterocycles. The third kappa shape index (κ3) is 4.10. The van der Waals surface area contributed by atoms with Crippen LogP contribution in [0.1, 0.15) is 12.0 Å². The van der Waals surface area contributed by atoms with Crippen LogP contribution in [0.4, 0.5) is 0 Å². The Morgan fingerprint density at radius 2 is 1.88 bits per heavy atom. The first-order chi connectivity index (χ1) is 7.59. The Bertz CT molecular complexity index is 365. The predicted octanol–water partition coefficient (Wildman–Crippen LogP) is -0.494. The summed E-state index contributed by atoms with van der Waals surface area (Å²) in [5, 5.41) is 2.63. The summed E-state index contributed by atoms with van der Waals surface area (Å²) in [6, 6.07) is 8.56. The molecule has 0 heterocycles. The van der Waals surface area contributed by atoms with Crippen LogP contribution in [0, 0.1) is 0 Å². The molecule has 86 valence electrons. The Kier molecular flexibility index (Phi) is 4.47. The maximum atomic E-state index is 11.4. The van der Waals surface area contributed by atoms with Crippen molar-refractivity contribution in [3.8, 4) is 0 Å². The van der Waals surface area contributed by atoms with Crippen LogP contribution in [0.2, 0.25) is 0 Å². The van der Waals surface area contributed by atoms with Crippen molar-refractivity contribution in [3.63, 3.8) is 0 Å². The number of hydrogen-bond acceptors (Lipinski definition) is 3. The lowest BCUT2D eigenvalue weighted by Crippen LogP contribution is -2.42. The van der Waals surface area contributed by atoms with Gasteiger partial charge in [0.2, 0.25) is 11.8 Å². The van der Waals surface area contributed by atoms with Gasteiger partial charge in [-0.1, -0.05) is 30.3 Å². The molecule has 0 saturated carbocycles. The number of amides is 2. The van der Waals surface area contributed by atoms with Gasteiger partial charge in [-0.2, -0.15) is 0 Å². The zero-order valence-electron chi connectivity index (χ0n) is 8.85. The molecule has 1 rings (SSSR count). The number of benzene rings is 1. The first-order valence-electron chi connectivity index (χ1n) is 4.95. The molecule has 0 aromatic heterocycles. The van der Waals surface area contributed by atoms with Gasteiger partial charge in [-0.3, -0.25) is 9.59 Å². The molecule has 0 aliphatic rings. The Labute approximate surface area is 93.8 Å². The molecular formula is C11H15N3O2. The number of nitrogens with one attached hydrogen (secondary N) is 1. The van der Waals surface area contributed by atoms with E-state index >= 15 is 0 Å². The highest BCUT2D eigenvalue weighted by Gasteiger charge is 2.15. The number of carbonyl (C=O) groups excluding carboxylic acids is 2.